The molecule has 5 N–H and O–H groups in total. The largest absolute Gasteiger partial charge is 0.478 e. The van der Waals surface area contributed by atoms with Crippen molar-refractivity contribution >= 4 is 57.6 Å². The van der Waals surface area contributed by atoms with Gasteiger partial charge in [0, 0.05) is 10.3 Å². The van der Waals surface area contributed by atoms with E-state index in [1.807, 2.05) is 20.8 Å². The predicted octanol–water partition coefficient (Wildman–Crippen LogP) is 5.26. The third kappa shape index (κ3) is 5.94. The van der Waals surface area contributed by atoms with Crippen LogP contribution in [0.4, 0.5) is 16.6 Å². The van der Waals surface area contributed by atoms with E-state index in [4.69, 9.17) is 10.8 Å². The van der Waals surface area contributed by atoms with Crippen LogP contribution in [0.25, 0.3) is 5.69 Å². The summed E-state index contributed by atoms with van der Waals surface area (Å²) >= 11 is 2.19. The number of aromatic carboxylic acids is 3. The van der Waals surface area contributed by atoms with E-state index in [-0.39, 0.29) is 27.6 Å². The van der Waals surface area contributed by atoms with E-state index in [9.17, 15) is 24.6 Å². The molecule has 200 valence electrons. The van der Waals surface area contributed by atoms with Gasteiger partial charge in [0.25, 0.3) is 5.13 Å². The molecule has 15 heteroatoms. The van der Waals surface area contributed by atoms with Crippen LogP contribution in [-0.2, 0) is 5.41 Å². The van der Waals surface area contributed by atoms with Gasteiger partial charge in [-0.05, 0) is 42.5 Å². The number of aromatic nitrogens is 4. The van der Waals surface area contributed by atoms with Crippen molar-refractivity contribution in [2.75, 3.05) is 5.73 Å². The zero-order chi connectivity index (χ0) is 28.5. The van der Waals surface area contributed by atoms with Crippen LogP contribution in [0.3, 0.4) is 0 Å². The normalized spacial score (nSPS) is 11.7. The summed E-state index contributed by atoms with van der Waals surface area (Å²) in [5.74, 6) is -3.54. The van der Waals surface area contributed by atoms with Gasteiger partial charge in [-0.3, -0.25) is 0 Å². The van der Waals surface area contributed by atoms with Gasteiger partial charge in [0.2, 0.25) is 0 Å². The van der Waals surface area contributed by atoms with Crippen LogP contribution in [0, 0.1) is 0 Å². The smallest absolute Gasteiger partial charge is 0.336 e. The van der Waals surface area contributed by atoms with Gasteiger partial charge in [0.05, 0.1) is 28.1 Å². The Morgan fingerprint density at radius 3 is 2.18 bits per heavy atom. The number of rotatable bonds is 8. The maximum Gasteiger partial charge on any atom is 0.336 e. The molecule has 4 aromatic rings. The number of azo groups is 1. The third-order valence-corrected chi connectivity index (χ3v) is 7.10. The van der Waals surface area contributed by atoms with Crippen molar-refractivity contribution in [2.45, 2.75) is 35.4 Å². The molecule has 0 spiro atoms. The number of nitrogen functional groups attached to an aromatic ring is 1. The van der Waals surface area contributed by atoms with Crippen molar-refractivity contribution in [3.05, 3.63) is 64.8 Å². The molecule has 2 aromatic heterocycles. The van der Waals surface area contributed by atoms with Crippen LogP contribution in [0.2, 0.25) is 0 Å². The number of nitrogens with two attached hydrogens (primary N) is 1. The average molecular weight is 568 g/mol. The molecule has 4 rings (SSSR count). The van der Waals surface area contributed by atoms with Crippen molar-refractivity contribution in [1.82, 2.24) is 20.0 Å². The van der Waals surface area contributed by atoms with Gasteiger partial charge in [-0.25, -0.2) is 19.1 Å². The van der Waals surface area contributed by atoms with Gasteiger partial charge in [0.1, 0.15) is 0 Å². The molecule has 0 atom stereocenters. The second kappa shape index (κ2) is 10.6. The number of carbonyl (C=O) groups is 3. The molecule has 2 aromatic carbocycles. The average Bonchev–Trinajstić information content (AvgIpc) is 3.46. The Bertz CT molecular complexity index is 1620. The topological polar surface area (TPSA) is 206 Å². The Morgan fingerprint density at radius 2 is 1.59 bits per heavy atom. The lowest BCUT2D eigenvalue weighted by Crippen LogP contribution is -2.13. The zero-order valence-corrected chi connectivity index (χ0v) is 22.3. The maximum atomic E-state index is 11.4. The molecule has 0 aliphatic heterocycles. The van der Waals surface area contributed by atoms with Gasteiger partial charge < -0.3 is 21.1 Å². The molecule has 0 fully saturated rings. The number of nitrogens with zero attached hydrogens (tertiary/aromatic N) is 6. The summed E-state index contributed by atoms with van der Waals surface area (Å²) in [7, 11) is 0. The van der Waals surface area contributed by atoms with Gasteiger partial charge in [-0.2, -0.15) is 5.10 Å². The maximum absolute atomic E-state index is 11.4. The fourth-order valence-electron chi connectivity index (χ4n) is 3.40. The molecular weight excluding hydrogens is 546 g/mol. The second-order valence-corrected chi connectivity index (χ2v) is 11.3. The standard InChI is InChI=1S/C24H21N7O6S2/c1-24(2,3)17-16(18(25)31(30-17)12-6-4-11(5-7-12)19(32)33)26-27-22-28-29-23(39-22)38-13-8-9-14(20(34)35)15(10-13)21(36)37/h4-10H,25H2,1-3H3,(H,32,33)(H,34,35)(H,36,37). The summed E-state index contributed by atoms with van der Waals surface area (Å²) in [6.07, 6.45) is 0. The lowest BCUT2D eigenvalue weighted by atomic mass is 9.91. The highest BCUT2D eigenvalue weighted by molar-refractivity contribution is 8.01. The van der Waals surface area contributed by atoms with Crippen molar-refractivity contribution in [3.8, 4) is 5.69 Å². The molecule has 0 aliphatic carbocycles. The molecular formula is C24H21N7O6S2. The highest BCUT2D eigenvalue weighted by atomic mass is 32.2. The van der Waals surface area contributed by atoms with Gasteiger partial charge in [-0.1, -0.05) is 43.9 Å². The second-order valence-electron chi connectivity index (χ2n) is 9.07. The highest BCUT2D eigenvalue weighted by Crippen LogP contribution is 2.39. The predicted molar refractivity (Wildman–Crippen MR) is 142 cm³/mol. The van der Waals surface area contributed by atoms with Crippen LogP contribution >= 0.6 is 23.1 Å². The first-order chi connectivity index (χ1) is 18.3. The molecule has 0 aliphatic rings. The minimum Gasteiger partial charge on any atom is -0.478 e. The molecule has 0 saturated carbocycles. The van der Waals surface area contributed by atoms with Crippen molar-refractivity contribution < 1.29 is 29.7 Å². The lowest BCUT2D eigenvalue weighted by molar-refractivity contribution is 0.0651. The van der Waals surface area contributed by atoms with Crippen LogP contribution in [0.1, 0.15) is 57.5 Å². The number of hydrogen-bond acceptors (Lipinski definition) is 11. The summed E-state index contributed by atoms with van der Waals surface area (Å²) in [5.41, 5.74) is 6.83. The van der Waals surface area contributed by atoms with E-state index < -0.39 is 23.3 Å². The monoisotopic (exact) mass is 567 g/mol. The summed E-state index contributed by atoms with van der Waals surface area (Å²) in [5, 5.41) is 49.0. The third-order valence-electron chi connectivity index (χ3n) is 5.25. The number of carboxylic acid groups (broad SMARTS) is 3. The molecule has 0 bridgehead atoms. The van der Waals surface area contributed by atoms with Crippen molar-refractivity contribution in [3.63, 3.8) is 0 Å². The van der Waals surface area contributed by atoms with Crippen LogP contribution in [0.15, 0.2) is 61.9 Å². The fraction of sp³-hybridized carbons (Fsp3) is 0.167. The lowest BCUT2D eigenvalue weighted by Gasteiger charge is -2.15. The van der Waals surface area contributed by atoms with E-state index in [0.717, 1.165) is 23.1 Å². The summed E-state index contributed by atoms with van der Waals surface area (Å²) in [4.78, 5) is 34.4. The van der Waals surface area contributed by atoms with Gasteiger partial charge in [-0.15, -0.1) is 20.4 Å². The molecule has 0 unspecified atom stereocenters. The molecule has 0 amide bonds. The first-order valence-corrected chi connectivity index (χ1v) is 12.7. The van der Waals surface area contributed by atoms with Crippen molar-refractivity contribution in [2.24, 2.45) is 10.2 Å². The minimum absolute atomic E-state index is 0.127. The van der Waals surface area contributed by atoms with Crippen LogP contribution in [0.5, 0.6) is 0 Å². The number of benzene rings is 2. The first kappa shape index (κ1) is 27.4. The highest BCUT2D eigenvalue weighted by Gasteiger charge is 2.27. The Labute approximate surface area is 229 Å². The van der Waals surface area contributed by atoms with Gasteiger partial charge in [0.15, 0.2) is 15.8 Å². The quantitative estimate of drug-likeness (QED) is 0.202. The molecule has 2 heterocycles. The Morgan fingerprint density at radius 1 is 0.923 bits per heavy atom. The van der Waals surface area contributed by atoms with E-state index >= 15 is 0 Å². The molecule has 39 heavy (non-hydrogen) atoms. The Balaban J connectivity index is 1.61. The Kier molecular flexibility index (Phi) is 7.47. The first-order valence-electron chi connectivity index (χ1n) is 11.1. The van der Waals surface area contributed by atoms with Gasteiger partial charge >= 0.3 is 17.9 Å². The summed E-state index contributed by atoms with van der Waals surface area (Å²) < 4.78 is 1.89. The summed E-state index contributed by atoms with van der Waals surface area (Å²) in [6.45, 7) is 5.81. The van der Waals surface area contributed by atoms with E-state index in [2.05, 4.69) is 25.5 Å². The van der Waals surface area contributed by atoms with Crippen molar-refractivity contribution in [1.29, 1.82) is 0 Å². The van der Waals surface area contributed by atoms with E-state index in [1.165, 1.54) is 35.0 Å². The summed E-state index contributed by atoms with van der Waals surface area (Å²) in [6, 6.07) is 10.0. The Hall–Kier alpha value is -4.63. The van der Waals surface area contributed by atoms with Crippen LogP contribution < -0.4 is 5.73 Å². The number of carboxylic acids is 3. The molecule has 13 nitrogen and oxygen atoms in total. The minimum atomic E-state index is -1.35. The molecule has 0 saturated heterocycles. The van der Waals surface area contributed by atoms with E-state index in [0.29, 0.717) is 26.3 Å². The van der Waals surface area contributed by atoms with Crippen LogP contribution in [-0.4, -0.2) is 53.2 Å². The molecule has 0 radical (unpaired) electrons. The number of hydrogen-bond donors (Lipinski definition) is 4. The SMILES string of the molecule is CC(C)(C)c1nn(-c2ccc(C(=O)O)cc2)c(N)c1N=Nc1nnc(Sc2ccc(C(=O)O)c(C(=O)O)c2)s1. The van der Waals surface area contributed by atoms with E-state index in [1.54, 1.807) is 12.1 Å². The zero-order valence-electron chi connectivity index (χ0n) is 20.7. The number of anilines is 1. The fourth-order valence-corrected chi connectivity index (χ4v) is 5.07.